The first kappa shape index (κ1) is 15.6. The van der Waals surface area contributed by atoms with E-state index in [1.54, 1.807) is 36.4 Å². The molecule has 0 atom stereocenters. The van der Waals surface area contributed by atoms with Crippen LogP contribution in [-0.4, -0.2) is 31.1 Å². The Balaban J connectivity index is 2.64. The minimum Gasteiger partial charge on any atom is -0.496 e. The van der Waals surface area contributed by atoms with Gasteiger partial charge in [-0.1, -0.05) is 30.4 Å². The van der Waals surface area contributed by atoms with Crippen LogP contribution < -0.4 is 10.1 Å². The molecule has 4 nitrogen and oxygen atoms in total. The second kappa shape index (κ2) is 8.58. The van der Waals surface area contributed by atoms with Gasteiger partial charge in [0.15, 0.2) is 0 Å². The molecular formula is C16H20N2O2. The third-order valence-electron chi connectivity index (χ3n) is 2.59. The zero-order valence-electron chi connectivity index (χ0n) is 11.7. The molecule has 0 unspecified atom stereocenters. The van der Waals surface area contributed by atoms with Gasteiger partial charge in [-0.25, -0.2) is 4.79 Å². The van der Waals surface area contributed by atoms with Crippen molar-refractivity contribution in [3.05, 3.63) is 61.3 Å². The Labute approximate surface area is 120 Å². The van der Waals surface area contributed by atoms with Gasteiger partial charge in [-0.3, -0.25) is 0 Å². The highest BCUT2D eigenvalue weighted by Crippen LogP contribution is 2.18. The molecule has 0 aliphatic heterocycles. The Morgan fingerprint density at radius 3 is 2.55 bits per heavy atom. The predicted molar refractivity (Wildman–Crippen MR) is 82.5 cm³/mol. The molecule has 1 rings (SSSR count). The van der Waals surface area contributed by atoms with E-state index in [1.165, 1.54) is 0 Å². The fourth-order valence-corrected chi connectivity index (χ4v) is 1.65. The minimum atomic E-state index is -0.198. The van der Waals surface area contributed by atoms with Crippen molar-refractivity contribution in [3.63, 3.8) is 0 Å². The van der Waals surface area contributed by atoms with Crippen molar-refractivity contribution in [2.24, 2.45) is 0 Å². The van der Waals surface area contributed by atoms with Crippen LogP contribution in [-0.2, 0) is 0 Å². The van der Waals surface area contributed by atoms with Gasteiger partial charge in [0.1, 0.15) is 5.75 Å². The summed E-state index contributed by atoms with van der Waals surface area (Å²) in [6.07, 6.45) is 6.73. The summed E-state index contributed by atoms with van der Waals surface area (Å²) < 4.78 is 5.23. The topological polar surface area (TPSA) is 41.6 Å². The van der Waals surface area contributed by atoms with Crippen LogP contribution in [0.5, 0.6) is 5.75 Å². The highest BCUT2D eigenvalue weighted by Gasteiger charge is 2.07. The zero-order valence-corrected chi connectivity index (χ0v) is 11.7. The van der Waals surface area contributed by atoms with Crippen molar-refractivity contribution in [2.45, 2.75) is 0 Å². The van der Waals surface area contributed by atoms with E-state index in [-0.39, 0.29) is 6.03 Å². The summed E-state index contributed by atoms with van der Waals surface area (Å²) in [4.78, 5) is 13.5. The number of carbonyl (C=O) groups excluding carboxylic acids is 1. The molecular weight excluding hydrogens is 252 g/mol. The number of nitrogens with one attached hydrogen (secondary N) is 1. The monoisotopic (exact) mass is 272 g/mol. The smallest absolute Gasteiger partial charge is 0.321 e. The number of carbonyl (C=O) groups is 1. The lowest BCUT2D eigenvalue weighted by atomic mass is 10.2. The van der Waals surface area contributed by atoms with E-state index in [9.17, 15) is 4.79 Å². The Hall–Kier alpha value is -2.49. The lowest BCUT2D eigenvalue weighted by Gasteiger charge is -2.18. The van der Waals surface area contributed by atoms with E-state index in [1.807, 2.05) is 24.3 Å². The molecule has 1 aromatic carbocycles. The molecule has 0 bridgehead atoms. The van der Waals surface area contributed by atoms with E-state index in [2.05, 4.69) is 18.5 Å². The summed E-state index contributed by atoms with van der Waals surface area (Å²) >= 11 is 0. The number of para-hydroxylation sites is 1. The third-order valence-corrected chi connectivity index (χ3v) is 2.59. The van der Waals surface area contributed by atoms with Gasteiger partial charge in [0.2, 0.25) is 0 Å². The first-order valence-electron chi connectivity index (χ1n) is 6.29. The van der Waals surface area contributed by atoms with Crippen LogP contribution in [0.3, 0.4) is 0 Å². The van der Waals surface area contributed by atoms with Gasteiger partial charge in [0.05, 0.1) is 7.11 Å². The van der Waals surface area contributed by atoms with Crippen molar-refractivity contribution in [2.75, 3.05) is 20.2 Å². The number of rotatable bonds is 7. The van der Waals surface area contributed by atoms with Crippen LogP contribution in [0, 0.1) is 0 Å². The van der Waals surface area contributed by atoms with E-state index < -0.39 is 0 Å². The molecule has 20 heavy (non-hydrogen) atoms. The van der Waals surface area contributed by atoms with Gasteiger partial charge in [-0.15, -0.1) is 13.2 Å². The SMILES string of the molecule is C=CCN(CC=C)C(=O)N/C=C/c1ccccc1OC. The minimum absolute atomic E-state index is 0.198. The first-order chi connectivity index (χ1) is 9.72. The number of amides is 2. The Bertz CT molecular complexity index is 485. The maximum Gasteiger partial charge on any atom is 0.321 e. The van der Waals surface area contributed by atoms with E-state index in [0.717, 1.165) is 11.3 Å². The summed E-state index contributed by atoms with van der Waals surface area (Å²) in [6.45, 7) is 8.20. The second-order valence-electron chi connectivity index (χ2n) is 4.01. The molecule has 0 saturated heterocycles. The molecule has 0 fully saturated rings. The van der Waals surface area contributed by atoms with Crippen molar-refractivity contribution >= 4 is 12.1 Å². The number of benzene rings is 1. The average molecular weight is 272 g/mol. The van der Waals surface area contributed by atoms with Crippen molar-refractivity contribution < 1.29 is 9.53 Å². The molecule has 0 heterocycles. The van der Waals surface area contributed by atoms with E-state index in [4.69, 9.17) is 4.74 Å². The molecule has 4 heteroatoms. The van der Waals surface area contributed by atoms with Gasteiger partial charge in [-0.05, 0) is 12.1 Å². The Morgan fingerprint density at radius 1 is 1.30 bits per heavy atom. The quantitative estimate of drug-likeness (QED) is 0.775. The lowest BCUT2D eigenvalue weighted by Crippen LogP contribution is -2.37. The number of hydrogen-bond donors (Lipinski definition) is 1. The molecule has 0 saturated carbocycles. The molecule has 0 radical (unpaired) electrons. The number of hydrogen-bond acceptors (Lipinski definition) is 2. The summed E-state index contributed by atoms with van der Waals surface area (Å²) in [5.41, 5.74) is 0.897. The summed E-state index contributed by atoms with van der Waals surface area (Å²) in [5.74, 6) is 0.757. The lowest BCUT2D eigenvalue weighted by molar-refractivity contribution is 0.212. The number of methoxy groups -OCH3 is 1. The van der Waals surface area contributed by atoms with Gasteiger partial charge >= 0.3 is 6.03 Å². The van der Waals surface area contributed by atoms with E-state index in [0.29, 0.717) is 13.1 Å². The number of ether oxygens (including phenoxy) is 1. The van der Waals surface area contributed by atoms with Crippen molar-refractivity contribution in [1.29, 1.82) is 0 Å². The van der Waals surface area contributed by atoms with Gasteiger partial charge in [-0.2, -0.15) is 0 Å². The Kier molecular flexibility index (Phi) is 6.68. The fraction of sp³-hybridized carbons (Fsp3) is 0.188. The van der Waals surface area contributed by atoms with Crippen LogP contribution in [0.1, 0.15) is 5.56 Å². The standard InChI is InChI=1S/C16H20N2O2/c1-4-12-18(13-5-2)16(19)17-11-10-14-8-6-7-9-15(14)20-3/h4-11H,1-2,12-13H2,3H3,(H,17,19)/b11-10+. The maximum atomic E-state index is 11.9. The molecule has 0 aliphatic carbocycles. The third kappa shape index (κ3) is 4.65. The average Bonchev–Trinajstić information content (AvgIpc) is 2.47. The molecule has 0 aromatic heterocycles. The second-order valence-corrected chi connectivity index (χ2v) is 4.01. The molecule has 1 N–H and O–H groups in total. The molecule has 1 aromatic rings. The van der Waals surface area contributed by atoms with Gasteiger partial charge in [0.25, 0.3) is 0 Å². The summed E-state index contributed by atoms with van der Waals surface area (Å²) in [6, 6.07) is 7.38. The summed E-state index contributed by atoms with van der Waals surface area (Å²) in [7, 11) is 1.61. The van der Waals surface area contributed by atoms with Crippen molar-refractivity contribution in [1.82, 2.24) is 10.2 Å². The fourth-order valence-electron chi connectivity index (χ4n) is 1.65. The van der Waals surface area contributed by atoms with Crippen LogP contribution in [0.15, 0.2) is 55.8 Å². The van der Waals surface area contributed by atoms with Crippen LogP contribution in [0.2, 0.25) is 0 Å². The molecule has 106 valence electrons. The van der Waals surface area contributed by atoms with Crippen molar-refractivity contribution in [3.8, 4) is 5.75 Å². The first-order valence-corrected chi connectivity index (χ1v) is 6.29. The van der Waals surface area contributed by atoms with Crippen LogP contribution >= 0.6 is 0 Å². The number of nitrogens with zero attached hydrogens (tertiary/aromatic N) is 1. The molecule has 0 spiro atoms. The highest BCUT2D eigenvalue weighted by atomic mass is 16.5. The molecule has 0 aliphatic rings. The summed E-state index contributed by atoms with van der Waals surface area (Å²) in [5, 5.41) is 2.71. The Morgan fingerprint density at radius 2 is 1.95 bits per heavy atom. The predicted octanol–water partition coefficient (Wildman–Crippen LogP) is 3.05. The normalized spacial score (nSPS) is 10.1. The van der Waals surface area contributed by atoms with Gasteiger partial charge in [0, 0.05) is 24.9 Å². The van der Waals surface area contributed by atoms with E-state index >= 15 is 0 Å². The van der Waals surface area contributed by atoms with Gasteiger partial charge < -0.3 is 15.0 Å². The van der Waals surface area contributed by atoms with Crippen LogP contribution in [0.4, 0.5) is 4.79 Å². The zero-order chi connectivity index (χ0) is 14.8. The number of urea groups is 1. The molecule has 2 amide bonds. The largest absolute Gasteiger partial charge is 0.496 e. The highest BCUT2D eigenvalue weighted by molar-refractivity contribution is 5.76. The van der Waals surface area contributed by atoms with Crippen LogP contribution in [0.25, 0.3) is 6.08 Å². The maximum absolute atomic E-state index is 11.9.